The van der Waals surface area contributed by atoms with Crippen molar-refractivity contribution in [1.82, 2.24) is 4.98 Å². The van der Waals surface area contributed by atoms with Crippen molar-refractivity contribution >= 4 is 11.8 Å². The molecule has 1 heterocycles. The maximum Gasteiger partial charge on any atom is 0.106 e. The van der Waals surface area contributed by atoms with E-state index in [2.05, 4.69) is 23.1 Å². The van der Waals surface area contributed by atoms with E-state index in [4.69, 9.17) is 4.84 Å². The fraction of sp³-hybridized carbons (Fsp3) is 0.333. The third kappa shape index (κ3) is 3.54. The van der Waals surface area contributed by atoms with Gasteiger partial charge in [0.1, 0.15) is 7.11 Å². The molecule has 0 spiro atoms. The van der Waals surface area contributed by atoms with E-state index in [1.54, 1.807) is 19.5 Å². The quantitative estimate of drug-likeness (QED) is 0.558. The molecule has 0 radical (unpaired) electrons. The van der Waals surface area contributed by atoms with Crippen molar-refractivity contribution in [3.8, 4) is 0 Å². The first-order chi connectivity index (χ1) is 7.27. The Morgan fingerprint density at radius 3 is 2.67 bits per heavy atom. The third-order valence-corrected chi connectivity index (χ3v) is 2.08. The number of oxime groups is 1. The van der Waals surface area contributed by atoms with Crippen LogP contribution in [0.2, 0.25) is 0 Å². The van der Waals surface area contributed by atoms with Gasteiger partial charge in [-0.25, -0.2) is 0 Å². The molecule has 0 atom stereocenters. The molecule has 0 saturated carbocycles. The minimum atomic E-state index is 0.862. The van der Waals surface area contributed by atoms with Crippen molar-refractivity contribution in [3.05, 3.63) is 35.7 Å². The Bertz CT molecular complexity index is 355. The molecule has 15 heavy (non-hydrogen) atoms. The minimum Gasteiger partial charge on any atom is -0.399 e. The Hall–Kier alpha value is -1.64. The number of rotatable bonds is 4. The van der Waals surface area contributed by atoms with Crippen molar-refractivity contribution < 1.29 is 4.84 Å². The zero-order valence-electron chi connectivity index (χ0n) is 9.40. The van der Waals surface area contributed by atoms with E-state index in [0.717, 1.165) is 23.3 Å². The van der Waals surface area contributed by atoms with Crippen LogP contribution in [0.15, 0.2) is 35.3 Å². The van der Waals surface area contributed by atoms with Gasteiger partial charge >= 0.3 is 0 Å². The van der Waals surface area contributed by atoms with Gasteiger partial charge in [0.05, 0.1) is 5.71 Å². The number of hydrogen-bond acceptors (Lipinski definition) is 3. The summed E-state index contributed by atoms with van der Waals surface area (Å²) < 4.78 is 0. The zero-order chi connectivity index (χ0) is 11.1. The molecule has 0 fully saturated rings. The van der Waals surface area contributed by atoms with Gasteiger partial charge in [-0.1, -0.05) is 12.1 Å². The molecule has 0 aromatic carbocycles. The van der Waals surface area contributed by atoms with E-state index < -0.39 is 0 Å². The summed E-state index contributed by atoms with van der Waals surface area (Å²) in [4.78, 5) is 8.76. The van der Waals surface area contributed by atoms with Crippen LogP contribution in [-0.4, -0.2) is 17.8 Å². The molecule has 0 aliphatic rings. The first-order valence-corrected chi connectivity index (χ1v) is 4.96. The van der Waals surface area contributed by atoms with E-state index in [1.165, 1.54) is 0 Å². The van der Waals surface area contributed by atoms with Crippen molar-refractivity contribution in [2.24, 2.45) is 5.16 Å². The predicted molar refractivity (Wildman–Crippen MR) is 62.6 cm³/mol. The second-order valence-corrected chi connectivity index (χ2v) is 3.18. The van der Waals surface area contributed by atoms with Crippen molar-refractivity contribution in [2.45, 2.75) is 20.3 Å². The highest BCUT2D eigenvalue weighted by Crippen LogP contribution is 2.08. The summed E-state index contributed by atoms with van der Waals surface area (Å²) >= 11 is 0. The van der Waals surface area contributed by atoms with Crippen LogP contribution in [0, 0.1) is 0 Å². The van der Waals surface area contributed by atoms with E-state index in [-0.39, 0.29) is 0 Å². The van der Waals surface area contributed by atoms with Crippen LogP contribution in [-0.2, 0) is 4.84 Å². The summed E-state index contributed by atoms with van der Waals surface area (Å²) in [7, 11) is 1.56. The monoisotopic (exact) mass is 204 g/mol. The van der Waals surface area contributed by atoms with E-state index in [0.29, 0.717) is 0 Å². The molecule has 80 valence electrons. The molecule has 0 aliphatic carbocycles. The fourth-order valence-corrected chi connectivity index (χ4v) is 1.32. The first kappa shape index (κ1) is 11.4. The number of pyridine rings is 1. The average molecular weight is 204 g/mol. The Morgan fingerprint density at radius 1 is 1.47 bits per heavy atom. The summed E-state index contributed by atoms with van der Waals surface area (Å²) in [5.41, 5.74) is 3.21. The lowest BCUT2D eigenvalue weighted by atomic mass is 10.1. The molecule has 0 aliphatic heterocycles. The first-order valence-electron chi connectivity index (χ1n) is 4.96. The Labute approximate surface area is 90.5 Å². The normalized spacial score (nSPS) is 12.7. The van der Waals surface area contributed by atoms with Crippen LogP contribution in [0.3, 0.4) is 0 Å². The van der Waals surface area contributed by atoms with Gasteiger partial charge in [0.25, 0.3) is 0 Å². The second-order valence-electron chi connectivity index (χ2n) is 3.18. The standard InChI is InChI=1S/C12H16N2O/c1-4-12(14-15-3)10(2)9-11-5-7-13-8-6-11/h5-9H,4H2,1-3H3. The predicted octanol–water partition coefficient (Wildman–Crippen LogP) is 2.90. The van der Waals surface area contributed by atoms with Crippen LogP contribution in [0.25, 0.3) is 6.08 Å². The van der Waals surface area contributed by atoms with Crippen molar-refractivity contribution in [3.63, 3.8) is 0 Å². The lowest BCUT2D eigenvalue weighted by Crippen LogP contribution is -1.98. The zero-order valence-corrected chi connectivity index (χ0v) is 9.40. The van der Waals surface area contributed by atoms with Gasteiger partial charge in [0.15, 0.2) is 0 Å². The van der Waals surface area contributed by atoms with E-state index in [9.17, 15) is 0 Å². The van der Waals surface area contributed by atoms with Gasteiger partial charge in [-0.05, 0) is 42.7 Å². The molecular weight excluding hydrogens is 188 g/mol. The number of aromatic nitrogens is 1. The van der Waals surface area contributed by atoms with Gasteiger partial charge in [0, 0.05) is 12.4 Å². The molecule has 0 amide bonds. The number of hydrogen-bond donors (Lipinski definition) is 0. The van der Waals surface area contributed by atoms with E-state index in [1.807, 2.05) is 19.1 Å². The molecule has 1 aromatic rings. The second kappa shape index (κ2) is 5.96. The summed E-state index contributed by atoms with van der Waals surface area (Å²) in [5.74, 6) is 0. The Morgan fingerprint density at radius 2 is 2.13 bits per heavy atom. The van der Waals surface area contributed by atoms with Crippen LogP contribution in [0.5, 0.6) is 0 Å². The summed E-state index contributed by atoms with van der Waals surface area (Å²) in [6.07, 6.45) is 6.49. The van der Waals surface area contributed by atoms with Gasteiger partial charge in [-0.15, -0.1) is 0 Å². The van der Waals surface area contributed by atoms with Gasteiger partial charge in [0.2, 0.25) is 0 Å². The maximum atomic E-state index is 4.79. The fourth-order valence-electron chi connectivity index (χ4n) is 1.32. The van der Waals surface area contributed by atoms with Crippen LogP contribution in [0.1, 0.15) is 25.8 Å². The molecule has 0 unspecified atom stereocenters. The maximum absolute atomic E-state index is 4.79. The van der Waals surface area contributed by atoms with Gasteiger partial charge in [-0.2, -0.15) is 0 Å². The Kier molecular flexibility index (Phi) is 4.54. The van der Waals surface area contributed by atoms with Crippen LogP contribution < -0.4 is 0 Å². The average Bonchev–Trinajstić information content (AvgIpc) is 2.27. The smallest absolute Gasteiger partial charge is 0.106 e. The highest BCUT2D eigenvalue weighted by atomic mass is 16.6. The number of nitrogens with zero attached hydrogens (tertiary/aromatic N) is 2. The van der Waals surface area contributed by atoms with E-state index >= 15 is 0 Å². The van der Waals surface area contributed by atoms with Crippen LogP contribution >= 0.6 is 0 Å². The molecule has 0 bridgehead atoms. The van der Waals surface area contributed by atoms with Crippen molar-refractivity contribution in [1.29, 1.82) is 0 Å². The summed E-state index contributed by atoms with van der Waals surface area (Å²) in [5, 5.41) is 3.97. The molecule has 1 aromatic heterocycles. The molecular formula is C12H16N2O. The molecule has 3 nitrogen and oxygen atoms in total. The van der Waals surface area contributed by atoms with Gasteiger partial charge < -0.3 is 4.84 Å². The largest absolute Gasteiger partial charge is 0.399 e. The summed E-state index contributed by atoms with van der Waals surface area (Å²) in [6.45, 7) is 4.09. The lowest BCUT2D eigenvalue weighted by molar-refractivity contribution is 0.213. The highest BCUT2D eigenvalue weighted by molar-refractivity contribution is 6.02. The van der Waals surface area contributed by atoms with Crippen molar-refractivity contribution in [2.75, 3.05) is 7.11 Å². The summed E-state index contributed by atoms with van der Waals surface area (Å²) in [6, 6.07) is 3.92. The molecule has 0 N–H and O–H groups in total. The molecule has 0 saturated heterocycles. The minimum absolute atomic E-state index is 0.862. The molecule has 3 heteroatoms. The highest BCUT2D eigenvalue weighted by Gasteiger charge is 2.00. The molecule has 1 rings (SSSR count). The topological polar surface area (TPSA) is 34.5 Å². The van der Waals surface area contributed by atoms with Crippen LogP contribution in [0.4, 0.5) is 0 Å². The van der Waals surface area contributed by atoms with Gasteiger partial charge in [-0.3, -0.25) is 4.98 Å². The number of allylic oxidation sites excluding steroid dienone is 1. The SMILES string of the molecule is CCC(=NOC)C(C)=Cc1ccncc1. The Balaban J connectivity index is 2.88. The lowest BCUT2D eigenvalue weighted by Gasteiger charge is -2.02. The third-order valence-electron chi connectivity index (χ3n) is 2.08.